The highest BCUT2D eigenvalue weighted by Gasteiger charge is 2.43. The maximum atomic E-state index is 15.7. The molecular weight excluding hydrogens is 524 g/mol. The Morgan fingerprint density at radius 3 is 1.61 bits per heavy atom. The van der Waals surface area contributed by atoms with Gasteiger partial charge in [0.15, 0.2) is 0 Å². The van der Waals surface area contributed by atoms with Crippen LogP contribution in [0.2, 0.25) is 0 Å². The summed E-state index contributed by atoms with van der Waals surface area (Å²) in [5.41, 5.74) is 0. The maximum absolute atomic E-state index is 15.7. The van der Waals surface area contributed by atoms with Crippen molar-refractivity contribution in [1.29, 1.82) is 0 Å². The summed E-state index contributed by atoms with van der Waals surface area (Å²) in [6, 6.07) is 19.3. The highest BCUT2D eigenvalue weighted by Crippen LogP contribution is 2.65. The van der Waals surface area contributed by atoms with Crippen LogP contribution < -0.4 is 15.9 Å². The number of halogens is 4. The van der Waals surface area contributed by atoms with Crippen molar-refractivity contribution < 1.29 is 17.6 Å². The fourth-order valence-corrected chi connectivity index (χ4v) is 12.1. The van der Waals surface area contributed by atoms with E-state index in [1.54, 1.807) is 60.7 Å². The number of hydrogen-bond acceptors (Lipinski definition) is 1. The Bertz CT molecular complexity index is 1300. The van der Waals surface area contributed by atoms with E-state index in [9.17, 15) is 0 Å². The summed E-state index contributed by atoms with van der Waals surface area (Å²) in [5.74, 6) is -1.47. The monoisotopic (exact) mass is 555 g/mol. The second kappa shape index (κ2) is 12.2. The van der Waals surface area contributed by atoms with Crippen LogP contribution in [0, 0.1) is 23.4 Å². The fraction of sp³-hybridized carbons (Fsp3) is 0.290. The molecule has 1 saturated carbocycles. The van der Waals surface area contributed by atoms with Crippen molar-refractivity contribution in [1.82, 2.24) is 4.44 Å². The van der Waals surface area contributed by atoms with Gasteiger partial charge in [0.2, 0.25) is 0 Å². The van der Waals surface area contributed by atoms with E-state index in [1.807, 2.05) is 6.08 Å². The van der Waals surface area contributed by atoms with Crippen molar-refractivity contribution in [3.63, 3.8) is 0 Å². The lowest BCUT2D eigenvalue weighted by Gasteiger charge is -2.48. The van der Waals surface area contributed by atoms with Gasteiger partial charge in [-0.05, 0) is 74.1 Å². The van der Waals surface area contributed by atoms with Gasteiger partial charge in [-0.2, -0.15) is 0 Å². The lowest BCUT2D eigenvalue weighted by atomic mass is 9.87. The Balaban J connectivity index is 1.83. The molecule has 1 fully saturated rings. The molecule has 38 heavy (non-hydrogen) atoms. The van der Waals surface area contributed by atoms with Crippen LogP contribution in [0.4, 0.5) is 17.6 Å². The Kier molecular flexibility index (Phi) is 8.78. The molecule has 7 heteroatoms. The minimum absolute atomic E-state index is 0.101. The van der Waals surface area contributed by atoms with Gasteiger partial charge in [-0.15, -0.1) is 0 Å². The second-order valence-corrected chi connectivity index (χ2v) is 14.2. The van der Waals surface area contributed by atoms with Crippen LogP contribution in [0.25, 0.3) is 0 Å². The molecule has 3 aromatic rings. The zero-order valence-electron chi connectivity index (χ0n) is 21.3. The number of hydrogen-bond donors (Lipinski definition) is 0. The van der Waals surface area contributed by atoms with Gasteiger partial charge in [0.1, 0.15) is 23.3 Å². The quantitative estimate of drug-likeness (QED) is 0.209. The molecule has 0 bridgehead atoms. The standard InChI is InChI=1S/C31H31F4NP2/c1-22-12-2-7-17-27(22)36(37(28-18-8-3-13-23(28)32)29-19-9-4-14-24(29)33)38(30-20-10-5-15-25(30)34)31-21-11-6-16-26(31)35/h3-5,8-10,13-16,18-22,27H,2,6-7,11-12,17H2,1H3. The molecule has 0 amide bonds. The van der Waals surface area contributed by atoms with E-state index in [0.29, 0.717) is 34.1 Å². The van der Waals surface area contributed by atoms with Gasteiger partial charge >= 0.3 is 0 Å². The number of nitrogens with zero attached hydrogens (tertiary/aromatic N) is 1. The molecule has 0 N–H and O–H groups in total. The first-order chi connectivity index (χ1) is 18.5. The molecular formula is C31H31F4NP2. The Morgan fingerprint density at radius 1 is 0.632 bits per heavy atom. The van der Waals surface area contributed by atoms with Gasteiger partial charge in [0.25, 0.3) is 0 Å². The molecule has 3 atom stereocenters. The van der Waals surface area contributed by atoms with Crippen LogP contribution in [0.1, 0.15) is 45.4 Å². The molecule has 0 radical (unpaired) electrons. The number of benzene rings is 3. The minimum atomic E-state index is -1.81. The van der Waals surface area contributed by atoms with Crippen LogP contribution in [-0.2, 0) is 0 Å². The van der Waals surface area contributed by atoms with E-state index in [-0.39, 0.29) is 17.8 Å². The van der Waals surface area contributed by atoms with Crippen molar-refractivity contribution in [3.8, 4) is 0 Å². The number of allylic oxidation sites excluding steroid dienone is 4. The van der Waals surface area contributed by atoms with E-state index in [4.69, 9.17) is 0 Å². The molecule has 0 aromatic heterocycles. The van der Waals surface area contributed by atoms with E-state index in [1.165, 1.54) is 18.2 Å². The molecule has 1 nitrogen and oxygen atoms in total. The highest BCUT2D eigenvalue weighted by atomic mass is 31.2. The van der Waals surface area contributed by atoms with Crippen molar-refractivity contribution in [3.05, 3.63) is 114 Å². The molecule has 2 aliphatic rings. The molecule has 198 valence electrons. The number of rotatable bonds is 7. The van der Waals surface area contributed by atoms with Crippen LogP contribution >= 0.6 is 16.1 Å². The third kappa shape index (κ3) is 5.53. The van der Waals surface area contributed by atoms with Crippen molar-refractivity contribution in [2.45, 2.75) is 51.5 Å². The molecule has 2 aliphatic carbocycles. The van der Waals surface area contributed by atoms with Gasteiger partial charge in [-0.25, -0.2) is 22.0 Å². The predicted molar refractivity (Wildman–Crippen MR) is 152 cm³/mol. The topological polar surface area (TPSA) is 3.24 Å². The first-order valence-electron chi connectivity index (χ1n) is 13.2. The fourth-order valence-electron chi connectivity index (χ4n) is 5.42. The van der Waals surface area contributed by atoms with E-state index < -0.39 is 33.6 Å². The molecule has 0 saturated heterocycles. The molecule has 3 aromatic carbocycles. The first kappa shape index (κ1) is 27.3. The minimum Gasteiger partial charge on any atom is -0.241 e. The summed E-state index contributed by atoms with van der Waals surface area (Å²) in [6.07, 6.45) is 8.42. The zero-order valence-corrected chi connectivity index (χ0v) is 23.1. The summed E-state index contributed by atoms with van der Waals surface area (Å²) in [4.78, 5) is 0. The normalized spacial score (nSPS) is 20.8. The zero-order chi connectivity index (χ0) is 26.6. The summed E-state index contributed by atoms with van der Waals surface area (Å²) in [7, 11) is -3.60. The van der Waals surface area contributed by atoms with Crippen molar-refractivity contribution in [2.75, 3.05) is 0 Å². The van der Waals surface area contributed by atoms with Crippen molar-refractivity contribution >= 4 is 32.1 Å². The summed E-state index contributed by atoms with van der Waals surface area (Å²) in [5, 5.41) is 1.57. The lowest BCUT2D eigenvalue weighted by Crippen LogP contribution is -2.42. The summed E-state index contributed by atoms with van der Waals surface area (Å²) in [6.45, 7) is 2.16. The Hall–Kier alpha value is -2.32. The van der Waals surface area contributed by atoms with Crippen LogP contribution in [-0.4, -0.2) is 10.5 Å². The third-order valence-electron chi connectivity index (χ3n) is 7.32. The van der Waals surface area contributed by atoms with Gasteiger partial charge in [0.05, 0.1) is 0 Å². The SMILES string of the molecule is CC1CCCCC1N(P(C1=CCCC=C1F)c1ccccc1F)P(c1ccccc1F)c1ccccc1F. The Morgan fingerprint density at radius 2 is 1.11 bits per heavy atom. The summed E-state index contributed by atoms with van der Waals surface area (Å²) < 4.78 is 64.8. The lowest BCUT2D eigenvalue weighted by molar-refractivity contribution is 0.262. The van der Waals surface area contributed by atoms with Crippen LogP contribution in [0.5, 0.6) is 0 Å². The predicted octanol–water partition coefficient (Wildman–Crippen LogP) is 8.59. The molecule has 0 aliphatic heterocycles. The average Bonchev–Trinajstić information content (AvgIpc) is 2.92. The average molecular weight is 556 g/mol. The van der Waals surface area contributed by atoms with Gasteiger partial charge < -0.3 is 0 Å². The van der Waals surface area contributed by atoms with Gasteiger partial charge in [0, 0.05) is 43.4 Å². The van der Waals surface area contributed by atoms with E-state index >= 15 is 17.6 Å². The van der Waals surface area contributed by atoms with Gasteiger partial charge in [-0.3, -0.25) is 0 Å². The largest absolute Gasteiger partial charge is 0.241 e. The highest BCUT2D eigenvalue weighted by molar-refractivity contribution is 7.83. The van der Waals surface area contributed by atoms with Crippen LogP contribution in [0.3, 0.4) is 0 Å². The summed E-state index contributed by atoms with van der Waals surface area (Å²) >= 11 is 0. The molecule has 0 heterocycles. The van der Waals surface area contributed by atoms with E-state index in [0.717, 1.165) is 25.7 Å². The van der Waals surface area contributed by atoms with Crippen molar-refractivity contribution in [2.24, 2.45) is 5.92 Å². The molecule has 0 spiro atoms. The molecule has 5 rings (SSSR count). The first-order valence-corrected chi connectivity index (χ1v) is 15.8. The van der Waals surface area contributed by atoms with E-state index in [2.05, 4.69) is 11.4 Å². The molecule has 3 unspecified atom stereocenters. The Labute approximate surface area is 224 Å². The second-order valence-electron chi connectivity index (χ2n) is 9.85. The smallest absolute Gasteiger partial charge is 0.132 e. The maximum Gasteiger partial charge on any atom is 0.132 e. The van der Waals surface area contributed by atoms with Crippen LogP contribution in [0.15, 0.2) is 96.1 Å². The third-order valence-corrected chi connectivity index (χ3v) is 13.1. The van der Waals surface area contributed by atoms with Gasteiger partial charge in [-0.1, -0.05) is 62.2 Å².